The Morgan fingerprint density at radius 2 is 1.31 bits per heavy atom. The Kier molecular flexibility index (Phi) is 11.5. The van der Waals surface area contributed by atoms with Gasteiger partial charge in [-0.05, 0) is 106 Å². The van der Waals surface area contributed by atoms with Crippen LogP contribution in [0.25, 0.3) is 17.0 Å². The standard InChI is InChI=1S/C38H36F10O/c1-2-3-4-5-29(39)36(45)24-12-15-28(30(40)16-24)25-17-31(41)35(32(42)18-25)23-8-6-21(7-9-23)22-10-13-26(14-11-22)38(47,48)49-27-19-33(43)37(46)34(44)20-27/h2-3,12,15-23,26H,4-11,13-14H2,1H3. The Hall–Kier alpha value is -3.76. The van der Waals surface area contributed by atoms with Crippen molar-refractivity contribution in [1.82, 2.24) is 0 Å². The lowest BCUT2D eigenvalue weighted by atomic mass is 9.68. The molecule has 0 radical (unpaired) electrons. The molecule has 0 aromatic heterocycles. The van der Waals surface area contributed by atoms with Gasteiger partial charge in [0.1, 0.15) is 29.0 Å². The monoisotopic (exact) mass is 698 g/mol. The third-order valence-corrected chi connectivity index (χ3v) is 9.92. The second kappa shape index (κ2) is 15.4. The highest BCUT2D eigenvalue weighted by molar-refractivity contribution is 5.69. The van der Waals surface area contributed by atoms with Gasteiger partial charge in [-0.25, -0.2) is 35.1 Å². The molecule has 3 aromatic carbocycles. The predicted molar refractivity (Wildman–Crippen MR) is 167 cm³/mol. The average molecular weight is 699 g/mol. The third-order valence-electron chi connectivity index (χ3n) is 9.92. The number of ether oxygens (including phenoxy) is 1. The van der Waals surface area contributed by atoms with Crippen molar-refractivity contribution in [2.24, 2.45) is 17.8 Å². The van der Waals surface area contributed by atoms with Crippen LogP contribution in [-0.4, -0.2) is 6.11 Å². The van der Waals surface area contributed by atoms with Crippen molar-refractivity contribution in [3.8, 4) is 16.9 Å². The molecule has 5 rings (SSSR count). The molecule has 49 heavy (non-hydrogen) atoms. The first-order valence-corrected chi connectivity index (χ1v) is 16.4. The maximum atomic E-state index is 15.4. The van der Waals surface area contributed by atoms with Gasteiger partial charge >= 0.3 is 6.11 Å². The molecule has 2 aliphatic carbocycles. The molecule has 3 aromatic rings. The Balaban J connectivity index is 1.18. The van der Waals surface area contributed by atoms with E-state index in [1.54, 1.807) is 19.1 Å². The van der Waals surface area contributed by atoms with E-state index in [-0.39, 0.29) is 59.8 Å². The van der Waals surface area contributed by atoms with Gasteiger partial charge in [0.25, 0.3) is 0 Å². The van der Waals surface area contributed by atoms with Gasteiger partial charge in [-0.2, -0.15) is 8.78 Å². The van der Waals surface area contributed by atoms with Crippen LogP contribution in [0.5, 0.6) is 5.75 Å². The molecule has 0 spiro atoms. The molecule has 0 atom stereocenters. The zero-order valence-corrected chi connectivity index (χ0v) is 26.8. The van der Waals surface area contributed by atoms with E-state index in [1.807, 2.05) is 0 Å². The van der Waals surface area contributed by atoms with Crippen LogP contribution in [0.4, 0.5) is 43.9 Å². The summed E-state index contributed by atoms with van der Waals surface area (Å²) in [5, 5.41) is 0. The van der Waals surface area contributed by atoms with Crippen LogP contribution < -0.4 is 4.74 Å². The van der Waals surface area contributed by atoms with Crippen LogP contribution in [0, 0.1) is 52.7 Å². The van der Waals surface area contributed by atoms with Crippen molar-refractivity contribution >= 4 is 5.83 Å². The first-order chi connectivity index (χ1) is 23.3. The molecule has 0 saturated heterocycles. The quantitative estimate of drug-likeness (QED) is 0.116. The summed E-state index contributed by atoms with van der Waals surface area (Å²) in [4.78, 5) is 0. The van der Waals surface area contributed by atoms with E-state index in [4.69, 9.17) is 0 Å². The van der Waals surface area contributed by atoms with Gasteiger partial charge in [0, 0.05) is 35.2 Å². The number of halogens is 10. The molecule has 2 saturated carbocycles. The van der Waals surface area contributed by atoms with Gasteiger partial charge in [-0.1, -0.05) is 24.3 Å². The molecule has 0 amide bonds. The number of alkyl halides is 2. The molecule has 11 heteroatoms. The van der Waals surface area contributed by atoms with E-state index in [0.29, 0.717) is 50.7 Å². The minimum atomic E-state index is -3.72. The lowest BCUT2D eigenvalue weighted by Crippen LogP contribution is -2.38. The lowest BCUT2D eigenvalue weighted by molar-refractivity contribution is -0.224. The Bertz CT molecular complexity index is 1650. The average Bonchev–Trinajstić information content (AvgIpc) is 3.06. The highest BCUT2D eigenvalue weighted by atomic mass is 19.3. The summed E-state index contributed by atoms with van der Waals surface area (Å²) in [6.07, 6.45) is 3.02. The Morgan fingerprint density at radius 1 is 0.735 bits per heavy atom. The Labute approximate surface area is 278 Å². The fourth-order valence-electron chi connectivity index (χ4n) is 7.30. The molecule has 0 aliphatic heterocycles. The number of rotatable bonds is 10. The van der Waals surface area contributed by atoms with Crippen molar-refractivity contribution in [2.45, 2.75) is 83.2 Å². The van der Waals surface area contributed by atoms with Gasteiger partial charge in [-0.15, -0.1) is 0 Å². The highest BCUT2D eigenvalue weighted by Gasteiger charge is 2.45. The van der Waals surface area contributed by atoms with E-state index in [9.17, 15) is 35.1 Å². The summed E-state index contributed by atoms with van der Waals surface area (Å²) in [7, 11) is 0. The zero-order chi connectivity index (χ0) is 35.5. The van der Waals surface area contributed by atoms with E-state index >= 15 is 8.78 Å². The zero-order valence-electron chi connectivity index (χ0n) is 26.8. The molecule has 0 N–H and O–H groups in total. The predicted octanol–water partition coefficient (Wildman–Crippen LogP) is 12.9. The summed E-state index contributed by atoms with van der Waals surface area (Å²) < 4.78 is 149. The Morgan fingerprint density at radius 3 is 1.86 bits per heavy atom. The first-order valence-electron chi connectivity index (χ1n) is 16.4. The van der Waals surface area contributed by atoms with E-state index in [2.05, 4.69) is 4.74 Å². The number of allylic oxidation sites excluding steroid dienone is 3. The second-order valence-electron chi connectivity index (χ2n) is 13.0. The number of hydrogen-bond donors (Lipinski definition) is 0. The van der Waals surface area contributed by atoms with Gasteiger partial charge in [0.2, 0.25) is 0 Å². The summed E-state index contributed by atoms with van der Waals surface area (Å²) in [6.45, 7) is 1.75. The third kappa shape index (κ3) is 8.35. The van der Waals surface area contributed by atoms with Gasteiger partial charge in [0.15, 0.2) is 23.3 Å². The van der Waals surface area contributed by atoms with Crippen molar-refractivity contribution in [3.63, 3.8) is 0 Å². The van der Waals surface area contributed by atoms with Gasteiger partial charge in [-0.3, -0.25) is 0 Å². The number of benzene rings is 3. The van der Waals surface area contributed by atoms with E-state index < -0.39 is 70.3 Å². The minimum absolute atomic E-state index is 0.0818. The summed E-state index contributed by atoms with van der Waals surface area (Å²) >= 11 is 0. The van der Waals surface area contributed by atoms with Crippen LogP contribution in [0.2, 0.25) is 0 Å². The largest absolute Gasteiger partial charge is 0.432 e. The van der Waals surface area contributed by atoms with Crippen LogP contribution in [0.3, 0.4) is 0 Å². The smallest absolute Gasteiger partial charge is 0.400 e. The van der Waals surface area contributed by atoms with E-state index in [1.165, 1.54) is 0 Å². The number of hydrogen-bond acceptors (Lipinski definition) is 1. The van der Waals surface area contributed by atoms with E-state index in [0.717, 1.165) is 30.3 Å². The van der Waals surface area contributed by atoms with Crippen molar-refractivity contribution in [1.29, 1.82) is 0 Å². The topological polar surface area (TPSA) is 9.23 Å². The molecular weight excluding hydrogens is 662 g/mol. The van der Waals surface area contributed by atoms with Crippen LogP contribution in [0.1, 0.15) is 88.2 Å². The molecule has 2 aliphatic rings. The molecular formula is C38H36F10O. The minimum Gasteiger partial charge on any atom is -0.432 e. The molecule has 264 valence electrons. The molecule has 2 fully saturated rings. The van der Waals surface area contributed by atoms with Gasteiger partial charge in [0.05, 0.1) is 5.92 Å². The van der Waals surface area contributed by atoms with Crippen molar-refractivity contribution in [2.75, 3.05) is 0 Å². The lowest BCUT2D eigenvalue weighted by Gasteiger charge is -2.39. The molecule has 0 heterocycles. The first kappa shape index (κ1) is 36.5. The fourth-order valence-corrected chi connectivity index (χ4v) is 7.30. The van der Waals surface area contributed by atoms with Gasteiger partial charge < -0.3 is 4.74 Å². The van der Waals surface area contributed by atoms with Crippen molar-refractivity contribution < 1.29 is 48.6 Å². The highest BCUT2D eigenvalue weighted by Crippen LogP contribution is 2.48. The summed E-state index contributed by atoms with van der Waals surface area (Å²) in [5.74, 6) is -12.1. The normalized spacial score (nSPS) is 22.3. The maximum absolute atomic E-state index is 15.4. The van der Waals surface area contributed by atoms with Crippen LogP contribution >= 0.6 is 0 Å². The van der Waals surface area contributed by atoms with Crippen LogP contribution in [-0.2, 0) is 0 Å². The van der Waals surface area contributed by atoms with Crippen molar-refractivity contribution in [3.05, 3.63) is 106 Å². The summed E-state index contributed by atoms with van der Waals surface area (Å²) in [6, 6.07) is 5.92. The summed E-state index contributed by atoms with van der Waals surface area (Å²) in [5.41, 5.74) is -0.669. The maximum Gasteiger partial charge on any atom is 0.400 e. The molecule has 0 unspecified atom stereocenters. The molecule has 0 bridgehead atoms. The molecule has 1 nitrogen and oxygen atoms in total. The fraction of sp³-hybridized carbons (Fsp3) is 0.421. The SMILES string of the molecule is CC=CCCC(F)=C(F)c1ccc(-c2cc(F)c(C3CCC(C4CCC(C(F)(F)Oc5cc(F)c(F)c(F)c5)CC4)CC3)c(F)c2)c(F)c1. The second-order valence-corrected chi connectivity index (χ2v) is 13.0. The van der Waals surface area contributed by atoms with Crippen LogP contribution in [0.15, 0.2) is 60.4 Å².